The second-order valence-corrected chi connectivity index (χ2v) is 11.8. The number of aryl methyl sites for hydroxylation is 2. The molecule has 0 atom stereocenters. The normalized spacial score (nSPS) is 13.5. The van der Waals surface area contributed by atoms with Crippen molar-refractivity contribution in [2.75, 3.05) is 26.2 Å². The van der Waals surface area contributed by atoms with Gasteiger partial charge in [0.05, 0.1) is 21.3 Å². The number of piperazine rings is 1. The third kappa shape index (κ3) is 9.13. The zero-order chi connectivity index (χ0) is 30.3. The van der Waals surface area contributed by atoms with Crippen molar-refractivity contribution in [3.63, 3.8) is 0 Å². The van der Waals surface area contributed by atoms with Crippen LogP contribution in [-0.4, -0.2) is 46.9 Å². The number of halogens is 4. The highest BCUT2D eigenvalue weighted by atomic mass is 35.5. The Morgan fingerprint density at radius 2 is 1.59 bits per heavy atom. The van der Waals surface area contributed by atoms with Gasteiger partial charge in [-0.05, 0) is 72.5 Å². The van der Waals surface area contributed by atoms with Gasteiger partial charge in [-0.15, -0.1) is 12.4 Å². The topological polar surface area (TPSA) is 54.9 Å². The Morgan fingerprint density at radius 3 is 2.25 bits per heavy atom. The van der Waals surface area contributed by atoms with Crippen LogP contribution in [0.4, 0.5) is 0 Å². The van der Waals surface area contributed by atoms with Crippen LogP contribution in [0.15, 0.2) is 79.0 Å². The molecule has 1 saturated heterocycles. The van der Waals surface area contributed by atoms with Crippen LogP contribution in [0.2, 0.25) is 15.1 Å². The van der Waals surface area contributed by atoms with Crippen LogP contribution < -0.4 is 9.47 Å². The molecule has 1 aromatic heterocycles. The quantitative estimate of drug-likeness (QED) is 0.166. The molecule has 44 heavy (non-hydrogen) atoms. The number of carbonyl (C=O) groups is 1. The van der Waals surface area contributed by atoms with Crippen LogP contribution in [0.1, 0.15) is 27.8 Å². The number of aromatic nitrogens is 1. The van der Waals surface area contributed by atoms with E-state index >= 15 is 0 Å². The van der Waals surface area contributed by atoms with Crippen molar-refractivity contribution in [2.45, 2.75) is 27.0 Å². The third-order valence-corrected chi connectivity index (χ3v) is 8.21. The molecule has 0 saturated carbocycles. The average molecular weight is 673 g/mol. The molecule has 0 radical (unpaired) electrons. The highest BCUT2D eigenvalue weighted by Crippen LogP contribution is 2.34. The summed E-state index contributed by atoms with van der Waals surface area (Å²) in [6.07, 6.45) is 4.99. The minimum atomic E-state index is -0.00486. The van der Waals surface area contributed by atoms with Crippen molar-refractivity contribution >= 4 is 59.2 Å². The summed E-state index contributed by atoms with van der Waals surface area (Å²) in [7, 11) is 0. The maximum atomic E-state index is 12.9. The maximum Gasteiger partial charge on any atom is 0.246 e. The molecule has 4 aromatic rings. The minimum absolute atomic E-state index is 0. The Labute approximate surface area is 279 Å². The van der Waals surface area contributed by atoms with Crippen LogP contribution in [0.25, 0.3) is 6.08 Å². The zero-order valence-corrected chi connectivity index (χ0v) is 27.5. The minimum Gasteiger partial charge on any atom is -0.487 e. The van der Waals surface area contributed by atoms with E-state index < -0.39 is 0 Å². The standard InChI is InChI=1S/C34H32Cl3N3O3.ClH/c1-23-3-5-25(6-4-23)21-39-13-15-40(16-14-39)33(41)12-8-26-17-24(2)34(31(37)18-26)43-32-11-9-28(20-38-32)42-22-27-7-10-29(35)30(36)19-27;/h3-12,17-20H,13-16,21-22H2,1-2H3;1H. The van der Waals surface area contributed by atoms with E-state index in [0.29, 0.717) is 52.1 Å². The summed E-state index contributed by atoms with van der Waals surface area (Å²) in [6.45, 7) is 8.33. The van der Waals surface area contributed by atoms with Crippen molar-refractivity contribution in [1.29, 1.82) is 0 Å². The summed E-state index contributed by atoms with van der Waals surface area (Å²) >= 11 is 18.6. The summed E-state index contributed by atoms with van der Waals surface area (Å²) in [4.78, 5) is 21.5. The van der Waals surface area contributed by atoms with Crippen LogP contribution in [0, 0.1) is 13.8 Å². The predicted octanol–water partition coefficient (Wildman–Crippen LogP) is 8.81. The van der Waals surface area contributed by atoms with E-state index in [1.54, 1.807) is 48.7 Å². The Morgan fingerprint density at radius 1 is 0.864 bits per heavy atom. The van der Waals surface area contributed by atoms with E-state index in [2.05, 4.69) is 41.1 Å². The van der Waals surface area contributed by atoms with Crippen LogP contribution >= 0.6 is 47.2 Å². The van der Waals surface area contributed by atoms with E-state index in [-0.39, 0.29) is 18.3 Å². The zero-order valence-electron chi connectivity index (χ0n) is 24.4. The number of rotatable bonds is 9. The predicted molar refractivity (Wildman–Crippen MR) is 181 cm³/mol. The lowest BCUT2D eigenvalue weighted by Gasteiger charge is -2.34. The molecule has 0 N–H and O–H groups in total. The Bertz CT molecular complexity index is 1580. The molecule has 1 amide bonds. The number of hydrogen-bond acceptors (Lipinski definition) is 5. The van der Waals surface area contributed by atoms with Gasteiger partial charge in [0.2, 0.25) is 11.8 Å². The van der Waals surface area contributed by atoms with Gasteiger partial charge >= 0.3 is 0 Å². The first-order valence-corrected chi connectivity index (χ1v) is 15.1. The monoisotopic (exact) mass is 671 g/mol. The number of carbonyl (C=O) groups excluding carboxylic acids is 1. The smallest absolute Gasteiger partial charge is 0.246 e. The summed E-state index contributed by atoms with van der Waals surface area (Å²) in [6, 6.07) is 21.2. The average Bonchev–Trinajstić information content (AvgIpc) is 3.00. The van der Waals surface area contributed by atoms with Crippen LogP contribution in [-0.2, 0) is 17.9 Å². The molecule has 1 aliphatic rings. The molecular formula is C34H33Cl4N3O3. The Balaban J connectivity index is 0.00000442. The Hall–Kier alpha value is -3.26. The summed E-state index contributed by atoms with van der Waals surface area (Å²) in [5.74, 6) is 1.47. The fourth-order valence-electron chi connectivity index (χ4n) is 4.75. The lowest BCUT2D eigenvalue weighted by molar-refractivity contribution is -0.127. The number of pyridine rings is 1. The molecule has 10 heteroatoms. The van der Waals surface area contributed by atoms with Gasteiger partial charge < -0.3 is 14.4 Å². The summed E-state index contributed by atoms with van der Waals surface area (Å²) < 4.78 is 11.8. The fraction of sp³-hybridized carbons (Fsp3) is 0.235. The molecule has 1 fully saturated rings. The van der Waals surface area contributed by atoms with Crippen molar-refractivity contribution in [1.82, 2.24) is 14.8 Å². The molecule has 1 aliphatic heterocycles. The largest absolute Gasteiger partial charge is 0.487 e. The second-order valence-electron chi connectivity index (χ2n) is 10.5. The fourth-order valence-corrected chi connectivity index (χ4v) is 5.38. The van der Waals surface area contributed by atoms with Gasteiger partial charge in [-0.25, -0.2) is 4.98 Å². The number of amides is 1. The molecule has 2 heterocycles. The molecule has 0 aliphatic carbocycles. The highest BCUT2D eigenvalue weighted by molar-refractivity contribution is 6.42. The van der Waals surface area contributed by atoms with Crippen LogP contribution in [0.5, 0.6) is 17.4 Å². The molecule has 0 unspecified atom stereocenters. The highest BCUT2D eigenvalue weighted by Gasteiger charge is 2.20. The van der Waals surface area contributed by atoms with Gasteiger partial charge in [0.25, 0.3) is 0 Å². The van der Waals surface area contributed by atoms with Gasteiger partial charge in [-0.3, -0.25) is 9.69 Å². The van der Waals surface area contributed by atoms with Gasteiger partial charge in [0.1, 0.15) is 12.4 Å². The van der Waals surface area contributed by atoms with Gasteiger partial charge in [-0.2, -0.15) is 0 Å². The van der Waals surface area contributed by atoms with Crippen molar-refractivity contribution < 1.29 is 14.3 Å². The van der Waals surface area contributed by atoms with E-state index in [4.69, 9.17) is 44.3 Å². The first kappa shape index (κ1) is 33.6. The van der Waals surface area contributed by atoms with Gasteiger partial charge in [0, 0.05) is 44.9 Å². The first-order chi connectivity index (χ1) is 20.7. The second kappa shape index (κ2) is 15.6. The molecule has 5 rings (SSSR count). The molecule has 0 spiro atoms. The van der Waals surface area contributed by atoms with Crippen molar-refractivity contribution in [2.24, 2.45) is 0 Å². The molecule has 6 nitrogen and oxygen atoms in total. The van der Waals surface area contributed by atoms with E-state index in [9.17, 15) is 4.79 Å². The molecule has 230 valence electrons. The van der Waals surface area contributed by atoms with Crippen molar-refractivity contribution in [3.05, 3.63) is 122 Å². The van der Waals surface area contributed by atoms with Gasteiger partial charge in [0.15, 0.2) is 5.75 Å². The van der Waals surface area contributed by atoms with E-state index in [0.717, 1.165) is 36.3 Å². The summed E-state index contributed by atoms with van der Waals surface area (Å²) in [5.41, 5.74) is 5.09. The number of hydrogen-bond donors (Lipinski definition) is 0. The maximum absolute atomic E-state index is 12.9. The lowest BCUT2D eigenvalue weighted by atomic mass is 10.1. The van der Waals surface area contributed by atoms with Gasteiger partial charge in [-0.1, -0.05) is 70.7 Å². The molecular weight excluding hydrogens is 640 g/mol. The number of ether oxygens (including phenoxy) is 2. The summed E-state index contributed by atoms with van der Waals surface area (Å²) in [5, 5.41) is 1.41. The Kier molecular flexibility index (Phi) is 12.0. The SMILES string of the molecule is Cc1ccc(CN2CCN(C(=O)C=Cc3cc(C)c(Oc4ccc(OCc5ccc(Cl)c(Cl)c5)cn4)c(Cl)c3)CC2)cc1.Cl. The number of nitrogens with zero attached hydrogens (tertiary/aromatic N) is 3. The third-order valence-electron chi connectivity index (χ3n) is 7.19. The number of benzene rings is 3. The molecule has 0 bridgehead atoms. The first-order valence-electron chi connectivity index (χ1n) is 14.0. The molecule has 3 aromatic carbocycles. The van der Waals surface area contributed by atoms with Crippen molar-refractivity contribution in [3.8, 4) is 17.4 Å². The lowest BCUT2D eigenvalue weighted by Crippen LogP contribution is -2.47. The van der Waals surface area contributed by atoms with Crippen LogP contribution in [0.3, 0.4) is 0 Å². The van der Waals surface area contributed by atoms with E-state index in [1.165, 1.54) is 11.1 Å². The van der Waals surface area contributed by atoms with E-state index in [1.807, 2.05) is 24.0 Å².